The molecule has 2 fully saturated rings. The molecule has 18 heavy (non-hydrogen) atoms. The maximum absolute atomic E-state index is 3.93. The van der Waals surface area contributed by atoms with E-state index in [0.717, 1.165) is 18.1 Å². The monoisotopic (exact) mass is 252 g/mol. The minimum atomic E-state index is 0.596. The summed E-state index contributed by atoms with van der Waals surface area (Å²) >= 11 is 0. The molecule has 1 heterocycles. The van der Waals surface area contributed by atoms with E-state index >= 15 is 0 Å². The number of hydrogen-bond donors (Lipinski definition) is 1. The number of nitrogens with one attached hydrogen (secondary N) is 1. The molecule has 0 spiro atoms. The Morgan fingerprint density at radius 1 is 0.944 bits per heavy atom. The van der Waals surface area contributed by atoms with Crippen LogP contribution in [0.4, 0.5) is 0 Å². The summed E-state index contributed by atoms with van der Waals surface area (Å²) in [5.41, 5.74) is 0.596. The largest absolute Gasteiger partial charge is 0.311 e. The van der Waals surface area contributed by atoms with E-state index in [1.54, 1.807) is 0 Å². The van der Waals surface area contributed by atoms with Gasteiger partial charge in [-0.15, -0.1) is 0 Å². The van der Waals surface area contributed by atoms with Crippen LogP contribution in [0.25, 0.3) is 0 Å². The molecule has 0 bridgehead atoms. The molecular formula is C16H32N2. The van der Waals surface area contributed by atoms with Crippen LogP contribution in [-0.2, 0) is 0 Å². The quantitative estimate of drug-likeness (QED) is 0.828. The molecule has 1 aliphatic heterocycles. The molecule has 2 heteroatoms. The molecule has 2 aliphatic rings. The van der Waals surface area contributed by atoms with Gasteiger partial charge in [0.15, 0.2) is 0 Å². The zero-order valence-electron chi connectivity index (χ0n) is 12.8. The number of nitrogens with zero attached hydrogens (tertiary/aromatic N) is 1. The maximum Gasteiger partial charge on any atom is 0.00940 e. The lowest BCUT2D eigenvalue weighted by Crippen LogP contribution is -2.48. The predicted molar refractivity (Wildman–Crippen MR) is 78.9 cm³/mol. The van der Waals surface area contributed by atoms with Crippen molar-refractivity contribution in [2.24, 2.45) is 5.41 Å². The van der Waals surface area contributed by atoms with Gasteiger partial charge in [0.05, 0.1) is 0 Å². The highest BCUT2D eigenvalue weighted by Gasteiger charge is 2.29. The van der Waals surface area contributed by atoms with E-state index in [1.807, 2.05) is 0 Å². The summed E-state index contributed by atoms with van der Waals surface area (Å²) in [4.78, 5) is 2.61. The van der Waals surface area contributed by atoms with Gasteiger partial charge in [0, 0.05) is 18.1 Å². The summed E-state index contributed by atoms with van der Waals surface area (Å²) in [6.07, 6.45) is 8.26. The van der Waals surface area contributed by atoms with Gasteiger partial charge in [0.1, 0.15) is 0 Å². The normalized spacial score (nSPS) is 27.8. The van der Waals surface area contributed by atoms with E-state index in [2.05, 4.69) is 37.9 Å². The molecule has 0 atom stereocenters. The third kappa shape index (κ3) is 3.96. The smallest absolute Gasteiger partial charge is 0.00940 e. The first-order chi connectivity index (χ1) is 8.46. The van der Waals surface area contributed by atoms with Crippen molar-refractivity contribution in [3.63, 3.8) is 0 Å². The van der Waals surface area contributed by atoms with Crippen molar-refractivity contribution in [2.75, 3.05) is 13.1 Å². The van der Waals surface area contributed by atoms with Gasteiger partial charge in [-0.25, -0.2) is 0 Å². The fourth-order valence-corrected chi connectivity index (χ4v) is 3.48. The molecule has 0 radical (unpaired) electrons. The highest BCUT2D eigenvalue weighted by Crippen LogP contribution is 2.35. The summed E-state index contributed by atoms with van der Waals surface area (Å²) in [6, 6.07) is 2.31. The summed E-state index contributed by atoms with van der Waals surface area (Å²) in [6.45, 7) is 12.0. The fourth-order valence-electron chi connectivity index (χ4n) is 3.48. The Bertz CT molecular complexity index is 242. The first kappa shape index (κ1) is 14.3. The van der Waals surface area contributed by atoms with Gasteiger partial charge in [-0.05, 0) is 70.9 Å². The Kier molecular flexibility index (Phi) is 4.71. The lowest BCUT2D eigenvalue weighted by molar-refractivity contribution is 0.140. The van der Waals surface area contributed by atoms with E-state index in [9.17, 15) is 0 Å². The van der Waals surface area contributed by atoms with Crippen LogP contribution in [0.15, 0.2) is 0 Å². The standard InChI is InChI=1S/C16H32N2/c1-13(2)18-11-7-15(8-12-18)17-14-5-9-16(3,4)10-6-14/h13-15,17H,5-12H2,1-4H3. The maximum atomic E-state index is 3.93. The first-order valence-corrected chi connectivity index (χ1v) is 7.96. The SMILES string of the molecule is CC(C)N1CCC(NC2CCC(C)(C)CC2)CC1. The van der Waals surface area contributed by atoms with Crippen LogP contribution in [0.5, 0.6) is 0 Å². The lowest BCUT2D eigenvalue weighted by atomic mass is 9.75. The minimum Gasteiger partial charge on any atom is -0.311 e. The van der Waals surface area contributed by atoms with Crippen molar-refractivity contribution in [1.29, 1.82) is 0 Å². The van der Waals surface area contributed by atoms with Crippen LogP contribution in [0.3, 0.4) is 0 Å². The van der Waals surface area contributed by atoms with Crippen molar-refractivity contribution < 1.29 is 0 Å². The van der Waals surface area contributed by atoms with Crippen LogP contribution in [0, 0.1) is 5.41 Å². The third-order valence-corrected chi connectivity index (χ3v) is 5.07. The summed E-state index contributed by atoms with van der Waals surface area (Å²) in [7, 11) is 0. The Morgan fingerprint density at radius 2 is 1.44 bits per heavy atom. The first-order valence-electron chi connectivity index (χ1n) is 7.96. The van der Waals surface area contributed by atoms with Gasteiger partial charge < -0.3 is 10.2 Å². The summed E-state index contributed by atoms with van der Waals surface area (Å²) in [5, 5.41) is 3.93. The average Bonchev–Trinajstić information content (AvgIpc) is 2.33. The van der Waals surface area contributed by atoms with Crippen molar-refractivity contribution in [1.82, 2.24) is 10.2 Å². The molecule has 1 aliphatic carbocycles. The highest BCUT2D eigenvalue weighted by atomic mass is 15.2. The molecule has 2 nitrogen and oxygen atoms in total. The Hall–Kier alpha value is -0.0800. The van der Waals surface area contributed by atoms with Crippen LogP contribution < -0.4 is 5.32 Å². The second-order valence-electron chi connectivity index (χ2n) is 7.51. The molecule has 1 saturated heterocycles. The van der Waals surface area contributed by atoms with Gasteiger partial charge in [-0.1, -0.05) is 13.8 Å². The zero-order valence-corrected chi connectivity index (χ0v) is 12.8. The Balaban J connectivity index is 1.69. The summed E-state index contributed by atoms with van der Waals surface area (Å²) < 4.78 is 0. The Labute approximate surface area is 114 Å². The lowest BCUT2D eigenvalue weighted by Gasteiger charge is -2.40. The zero-order chi connectivity index (χ0) is 13.2. The molecule has 106 valence electrons. The number of piperidine rings is 1. The fraction of sp³-hybridized carbons (Fsp3) is 1.00. The number of likely N-dealkylation sites (tertiary alicyclic amines) is 1. The molecule has 0 aromatic heterocycles. The van der Waals surface area contributed by atoms with Crippen LogP contribution in [0.1, 0.15) is 66.2 Å². The van der Waals surface area contributed by atoms with Crippen LogP contribution in [0.2, 0.25) is 0 Å². The second-order valence-corrected chi connectivity index (χ2v) is 7.51. The second kappa shape index (κ2) is 5.92. The third-order valence-electron chi connectivity index (χ3n) is 5.07. The van der Waals surface area contributed by atoms with Gasteiger partial charge in [-0.2, -0.15) is 0 Å². The van der Waals surface area contributed by atoms with E-state index < -0.39 is 0 Å². The van der Waals surface area contributed by atoms with Crippen molar-refractivity contribution in [2.45, 2.75) is 84.3 Å². The van der Waals surface area contributed by atoms with Crippen LogP contribution >= 0.6 is 0 Å². The summed E-state index contributed by atoms with van der Waals surface area (Å²) in [5.74, 6) is 0. The molecule has 0 unspecified atom stereocenters. The van der Waals surface area contributed by atoms with Gasteiger partial charge in [0.2, 0.25) is 0 Å². The Morgan fingerprint density at radius 3 is 1.94 bits per heavy atom. The topological polar surface area (TPSA) is 15.3 Å². The van der Waals surface area contributed by atoms with Crippen LogP contribution in [-0.4, -0.2) is 36.1 Å². The minimum absolute atomic E-state index is 0.596. The average molecular weight is 252 g/mol. The highest BCUT2D eigenvalue weighted by molar-refractivity contribution is 4.86. The van der Waals surface area contributed by atoms with Gasteiger partial charge >= 0.3 is 0 Å². The molecule has 0 aromatic rings. The molecule has 0 amide bonds. The predicted octanol–water partition coefficient (Wildman–Crippen LogP) is 3.42. The van der Waals surface area contributed by atoms with Crippen molar-refractivity contribution in [3.05, 3.63) is 0 Å². The van der Waals surface area contributed by atoms with E-state index in [1.165, 1.54) is 51.6 Å². The van der Waals surface area contributed by atoms with Crippen molar-refractivity contribution >= 4 is 0 Å². The van der Waals surface area contributed by atoms with E-state index in [-0.39, 0.29) is 0 Å². The van der Waals surface area contributed by atoms with E-state index in [4.69, 9.17) is 0 Å². The number of hydrogen-bond acceptors (Lipinski definition) is 2. The molecular weight excluding hydrogens is 220 g/mol. The number of rotatable bonds is 3. The van der Waals surface area contributed by atoms with Gasteiger partial charge in [0.25, 0.3) is 0 Å². The molecule has 1 saturated carbocycles. The van der Waals surface area contributed by atoms with Gasteiger partial charge in [-0.3, -0.25) is 0 Å². The van der Waals surface area contributed by atoms with Crippen molar-refractivity contribution in [3.8, 4) is 0 Å². The van der Waals surface area contributed by atoms with E-state index in [0.29, 0.717) is 5.41 Å². The molecule has 2 rings (SSSR count). The molecule has 0 aromatic carbocycles. The molecule has 1 N–H and O–H groups in total.